The van der Waals surface area contributed by atoms with Crippen molar-refractivity contribution in [3.8, 4) is 0 Å². The molecule has 1 aliphatic rings. The molecule has 0 aromatic carbocycles. The first kappa shape index (κ1) is 14.8. The van der Waals surface area contributed by atoms with Crippen LogP contribution in [0.1, 0.15) is 23.8 Å². The number of rotatable bonds is 5. The van der Waals surface area contributed by atoms with Crippen LogP contribution in [0.4, 0.5) is 0 Å². The summed E-state index contributed by atoms with van der Waals surface area (Å²) in [6.45, 7) is 5.30. The summed E-state index contributed by atoms with van der Waals surface area (Å²) < 4.78 is 9.57. The number of hydrogen-bond acceptors (Lipinski definition) is 8. The highest BCUT2D eigenvalue weighted by molar-refractivity contribution is 7.10. The standard InChI is InChI=1S/C12H17ClN6OS/c1-8-14-11(16-20-8)7-18(2)9-3-4-19(5-9)6-10-12(13)21-17-15-10/h9H,3-7H2,1-2H3. The summed E-state index contributed by atoms with van der Waals surface area (Å²) in [4.78, 5) is 8.87. The van der Waals surface area contributed by atoms with Gasteiger partial charge in [0.25, 0.3) is 0 Å². The molecule has 0 aliphatic carbocycles. The molecule has 0 N–H and O–H groups in total. The van der Waals surface area contributed by atoms with Crippen molar-refractivity contribution in [3.63, 3.8) is 0 Å². The first-order valence-corrected chi connectivity index (χ1v) is 7.95. The number of aromatic nitrogens is 4. The fraction of sp³-hybridized carbons (Fsp3) is 0.667. The fourth-order valence-electron chi connectivity index (χ4n) is 2.58. The number of halogens is 1. The minimum absolute atomic E-state index is 0.481. The summed E-state index contributed by atoms with van der Waals surface area (Å²) in [6.07, 6.45) is 1.11. The largest absolute Gasteiger partial charge is 0.340 e. The lowest BCUT2D eigenvalue weighted by Gasteiger charge is -2.23. The van der Waals surface area contributed by atoms with Crippen molar-refractivity contribution >= 4 is 23.1 Å². The third kappa shape index (κ3) is 3.57. The minimum Gasteiger partial charge on any atom is -0.340 e. The van der Waals surface area contributed by atoms with Gasteiger partial charge in [0.15, 0.2) is 5.82 Å². The van der Waals surface area contributed by atoms with Gasteiger partial charge in [0.1, 0.15) is 10.0 Å². The van der Waals surface area contributed by atoms with E-state index in [1.54, 1.807) is 6.92 Å². The molecule has 3 heterocycles. The van der Waals surface area contributed by atoms with Crippen LogP contribution in [0.25, 0.3) is 0 Å². The Morgan fingerprint density at radius 3 is 3.05 bits per heavy atom. The van der Waals surface area contributed by atoms with E-state index in [0.29, 0.717) is 22.8 Å². The average Bonchev–Trinajstić information content (AvgIpc) is 3.14. The van der Waals surface area contributed by atoms with Gasteiger partial charge in [-0.2, -0.15) is 4.98 Å². The topological polar surface area (TPSA) is 71.2 Å². The number of aryl methyl sites for hydroxylation is 1. The summed E-state index contributed by atoms with van der Waals surface area (Å²) in [6, 6.07) is 0.481. The monoisotopic (exact) mass is 328 g/mol. The molecule has 0 radical (unpaired) electrons. The summed E-state index contributed by atoms with van der Waals surface area (Å²) in [5.41, 5.74) is 0.874. The maximum absolute atomic E-state index is 6.06. The minimum atomic E-state index is 0.481. The van der Waals surface area contributed by atoms with Gasteiger partial charge in [0, 0.05) is 44.1 Å². The summed E-state index contributed by atoms with van der Waals surface area (Å²) in [7, 11) is 2.09. The van der Waals surface area contributed by atoms with Crippen molar-refractivity contribution in [3.05, 3.63) is 21.7 Å². The van der Waals surface area contributed by atoms with E-state index >= 15 is 0 Å². The third-order valence-corrected chi connectivity index (χ3v) is 4.70. The van der Waals surface area contributed by atoms with Crippen molar-refractivity contribution in [1.29, 1.82) is 0 Å². The van der Waals surface area contributed by atoms with Gasteiger partial charge in [0.2, 0.25) is 5.89 Å². The number of nitrogens with zero attached hydrogens (tertiary/aromatic N) is 6. The molecule has 0 spiro atoms. The lowest BCUT2D eigenvalue weighted by atomic mass is 10.2. The third-order valence-electron chi connectivity index (χ3n) is 3.71. The van der Waals surface area contributed by atoms with E-state index in [1.807, 2.05) is 0 Å². The number of hydrogen-bond donors (Lipinski definition) is 0. The molecule has 0 bridgehead atoms. The van der Waals surface area contributed by atoms with Crippen LogP contribution in [-0.4, -0.2) is 55.7 Å². The Bertz CT molecular complexity index is 602. The van der Waals surface area contributed by atoms with E-state index in [2.05, 4.69) is 36.6 Å². The van der Waals surface area contributed by atoms with Crippen LogP contribution < -0.4 is 0 Å². The first-order valence-electron chi connectivity index (χ1n) is 6.80. The molecule has 114 valence electrons. The van der Waals surface area contributed by atoms with Crippen LogP contribution >= 0.6 is 23.1 Å². The second kappa shape index (κ2) is 6.35. The maximum Gasteiger partial charge on any atom is 0.223 e. The van der Waals surface area contributed by atoms with Crippen molar-refractivity contribution in [2.24, 2.45) is 0 Å². The fourth-order valence-corrected chi connectivity index (χ4v) is 3.19. The Labute approximate surface area is 132 Å². The lowest BCUT2D eigenvalue weighted by Crippen LogP contribution is -2.34. The van der Waals surface area contributed by atoms with Crippen LogP contribution in [0.3, 0.4) is 0 Å². The lowest BCUT2D eigenvalue weighted by molar-refractivity contribution is 0.215. The van der Waals surface area contributed by atoms with Crippen molar-refractivity contribution in [2.75, 3.05) is 20.1 Å². The van der Waals surface area contributed by atoms with Crippen LogP contribution in [0.5, 0.6) is 0 Å². The number of likely N-dealkylation sites (tertiary alicyclic amines) is 1. The predicted molar refractivity (Wildman–Crippen MR) is 79.1 cm³/mol. The van der Waals surface area contributed by atoms with Crippen LogP contribution in [0.2, 0.25) is 4.34 Å². The van der Waals surface area contributed by atoms with Gasteiger partial charge < -0.3 is 4.52 Å². The Kier molecular flexibility index (Phi) is 4.48. The molecule has 21 heavy (non-hydrogen) atoms. The van der Waals surface area contributed by atoms with Gasteiger partial charge in [-0.15, -0.1) is 5.10 Å². The zero-order chi connectivity index (χ0) is 14.8. The normalized spacial score (nSPS) is 19.7. The van der Waals surface area contributed by atoms with Gasteiger partial charge >= 0.3 is 0 Å². The van der Waals surface area contributed by atoms with Crippen molar-refractivity contribution in [2.45, 2.75) is 32.5 Å². The SMILES string of the molecule is Cc1nc(CN(C)C2CCN(Cc3nnsc3Cl)C2)no1. The summed E-state index contributed by atoms with van der Waals surface area (Å²) in [5, 5.41) is 8.01. The van der Waals surface area contributed by atoms with Crippen LogP contribution in [0, 0.1) is 6.92 Å². The molecule has 1 aliphatic heterocycles. The van der Waals surface area contributed by atoms with Crippen molar-refractivity contribution < 1.29 is 4.52 Å². The number of likely N-dealkylation sites (N-methyl/N-ethyl adjacent to an activating group) is 1. The molecular weight excluding hydrogens is 312 g/mol. The molecule has 1 fully saturated rings. The maximum atomic E-state index is 6.06. The Morgan fingerprint density at radius 1 is 1.52 bits per heavy atom. The summed E-state index contributed by atoms with van der Waals surface area (Å²) in [5.74, 6) is 1.34. The van der Waals surface area contributed by atoms with E-state index in [4.69, 9.17) is 16.1 Å². The highest BCUT2D eigenvalue weighted by Gasteiger charge is 2.27. The van der Waals surface area contributed by atoms with Crippen molar-refractivity contribution in [1.82, 2.24) is 29.5 Å². The highest BCUT2D eigenvalue weighted by Crippen LogP contribution is 2.22. The van der Waals surface area contributed by atoms with Crippen LogP contribution in [-0.2, 0) is 13.1 Å². The molecule has 3 rings (SSSR count). The predicted octanol–water partition coefficient (Wildman–Crippen LogP) is 1.59. The second-order valence-electron chi connectivity index (χ2n) is 5.32. The molecule has 0 saturated carbocycles. The Balaban J connectivity index is 1.53. The quantitative estimate of drug-likeness (QED) is 0.825. The Hall–Kier alpha value is -1.09. The smallest absolute Gasteiger partial charge is 0.223 e. The molecule has 2 aromatic heterocycles. The van der Waals surface area contributed by atoms with E-state index < -0.39 is 0 Å². The van der Waals surface area contributed by atoms with E-state index in [0.717, 1.165) is 37.6 Å². The molecule has 9 heteroatoms. The Morgan fingerprint density at radius 2 is 2.38 bits per heavy atom. The van der Waals surface area contributed by atoms with Gasteiger partial charge in [0.05, 0.1) is 6.54 Å². The molecule has 1 saturated heterocycles. The highest BCUT2D eigenvalue weighted by atomic mass is 35.5. The van der Waals surface area contributed by atoms with Gasteiger partial charge in [-0.1, -0.05) is 21.2 Å². The molecule has 1 unspecified atom stereocenters. The van der Waals surface area contributed by atoms with Gasteiger partial charge in [-0.3, -0.25) is 9.80 Å². The van der Waals surface area contributed by atoms with Gasteiger partial charge in [-0.25, -0.2) is 0 Å². The first-order chi connectivity index (χ1) is 10.1. The average molecular weight is 329 g/mol. The summed E-state index contributed by atoms with van der Waals surface area (Å²) >= 11 is 7.30. The van der Waals surface area contributed by atoms with E-state index in [1.165, 1.54) is 11.5 Å². The van der Waals surface area contributed by atoms with Crippen LogP contribution in [0.15, 0.2) is 4.52 Å². The molecular formula is C12H17ClN6OS. The van der Waals surface area contributed by atoms with Gasteiger partial charge in [-0.05, 0) is 13.5 Å². The van der Waals surface area contributed by atoms with E-state index in [9.17, 15) is 0 Å². The molecule has 1 atom stereocenters. The zero-order valence-electron chi connectivity index (χ0n) is 12.0. The van der Waals surface area contributed by atoms with E-state index in [-0.39, 0.29) is 0 Å². The second-order valence-corrected chi connectivity index (χ2v) is 6.67. The zero-order valence-corrected chi connectivity index (χ0v) is 13.6. The molecule has 2 aromatic rings. The molecule has 0 amide bonds. The molecule has 7 nitrogen and oxygen atoms in total.